The van der Waals surface area contributed by atoms with Crippen LogP contribution in [0.4, 0.5) is 0 Å². The van der Waals surface area contributed by atoms with Crippen molar-refractivity contribution in [2.24, 2.45) is 5.92 Å². The SMILES string of the molecule is CCCNCc1cc(CN(C)CCC(C)C)c(C)s1. The summed E-state index contributed by atoms with van der Waals surface area (Å²) in [5.41, 5.74) is 1.50. The van der Waals surface area contributed by atoms with Crippen LogP contribution in [0, 0.1) is 12.8 Å². The number of aryl methyl sites for hydroxylation is 1. The topological polar surface area (TPSA) is 15.3 Å². The van der Waals surface area contributed by atoms with Gasteiger partial charge in [-0.2, -0.15) is 0 Å². The standard InChI is InChI=1S/C16H30N2S/c1-6-8-17-11-16-10-15(14(4)19-16)12-18(5)9-7-13(2)3/h10,13,17H,6-9,11-12H2,1-5H3. The first-order valence-electron chi connectivity index (χ1n) is 7.50. The Morgan fingerprint density at radius 1 is 1.37 bits per heavy atom. The monoisotopic (exact) mass is 282 g/mol. The van der Waals surface area contributed by atoms with Crippen LogP contribution in [-0.2, 0) is 13.1 Å². The smallest absolute Gasteiger partial charge is 0.0299 e. The minimum atomic E-state index is 0.792. The van der Waals surface area contributed by atoms with Gasteiger partial charge in [-0.25, -0.2) is 0 Å². The molecule has 1 rings (SSSR count). The molecule has 0 saturated carbocycles. The number of hydrogen-bond acceptors (Lipinski definition) is 3. The Bertz CT molecular complexity index is 358. The first-order chi connectivity index (χ1) is 9.02. The molecule has 0 saturated heterocycles. The molecule has 0 aliphatic carbocycles. The summed E-state index contributed by atoms with van der Waals surface area (Å²) in [6, 6.07) is 2.38. The van der Waals surface area contributed by atoms with E-state index in [9.17, 15) is 0 Å². The van der Waals surface area contributed by atoms with Crippen LogP contribution in [0.1, 0.15) is 48.9 Å². The maximum Gasteiger partial charge on any atom is 0.0299 e. The minimum Gasteiger partial charge on any atom is -0.312 e. The second-order valence-corrected chi connectivity index (χ2v) is 7.23. The zero-order chi connectivity index (χ0) is 14.3. The van der Waals surface area contributed by atoms with Gasteiger partial charge in [-0.15, -0.1) is 11.3 Å². The van der Waals surface area contributed by atoms with E-state index in [1.165, 1.54) is 34.7 Å². The van der Waals surface area contributed by atoms with Crippen LogP contribution < -0.4 is 5.32 Å². The molecule has 0 bridgehead atoms. The molecule has 0 atom stereocenters. The first kappa shape index (κ1) is 16.7. The van der Waals surface area contributed by atoms with E-state index in [0.717, 1.165) is 25.6 Å². The van der Waals surface area contributed by atoms with E-state index >= 15 is 0 Å². The highest BCUT2D eigenvalue weighted by Gasteiger charge is 2.08. The van der Waals surface area contributed by atoms with Crippen molar-refractivity contribution in [2.45, 2.75) is 53.6 Å². The van der Waals surface area contributed by atoms with Gasteiger partial charge in [0.25, 0.3) is 0 Å². The molecule has 0 aliphatic rings. The quantitative estimate of drug-likeness (QED) is 0.688. The highest BCUT2D eigenvalue weighted by Crippen LogP contribution is 2.22. The van der Waals surface area contributed by atoms with Gasteiger partial charge in [0.1, 0.15) is 0 Å². The third kappa shape index (κ3) is 6.55. The molecule has 1 N–H and O–H groups in total. The van der Waals surface area contributed by atoms with Crippen LogP contribution in [0.5, 0.6) is 0 Å². The summed E-state index contributed by atoms with van der Waals surface area (Å²) in [5, 5.41) is 3.48. The third-order valence-corrected chi connectivity index (χ3v) is 4.42. The molecule has 110 valence electrons. The summed E-state index contributed by atoms with van der Waals surface area (Å²) >= 11 is 1.94. The van der Waals surface area contributed by atoms with Gasteiger partial charge in [0, 0.05) is 22.8 Å². The largest absolute Gasteiger partial charge is 0.312 e. The highest BCUT2D eigenvalue weighted by molar-refractivity contribution is 7.12. The van der Waals surface area contributed by atoms with Gasteiger partial charge in [0.2, 0.25) is 0 Å². The summed E-state index contributed by atoms with van der Waals surface area (Å²) in [6.45, 7) is 13.5. The lowest BCUT2D eigenvalue weighted by Crippen LogP contribution is -2.20. The van der Waals surface area contributed by atoms with E-state index in [-0.39, 0.29) is 0 Å². The molecule has 1 heterocycles. The lowest BCUT2D eigenvalue weighted by atomic mass is 10.1. The molecule has 0 aromatic carbocycles. The Kier molecular flexibility index (Phi) is 7.66. The van der Waals surface area contributed by atoms with Gasteiger partial charge in [0.05, 0.1) is 0 Å². The third-order valence-electron chi connectivity index (χ3n) is 3.33. The van der Waals surface area contributed by atoms with Gasteiger partial charge in [-0.3, -0.25) is 0 Å². The Labute approximate surface area is 123 Å². The van der Waals surface area contributed by atoms with Crippen LogP contribution in [0.15, 0.2) is 6.07 Å². The van der Waals surface area contributed by atoms with Crippen LogP contribution in [0.3, 0.4) is 0 Å². The van der Waals surface area contributed by atoms with Crippen molar-refractivity contribution in [2.75, 3.05) is 20.1 Å². The van der Waals surface area contributed by atoms with Crippen molar-refractivity contribution in [1.82, 2.24) is 10.2 Å². The average Bonchev–Trinajstić information content (AvgIpc) is 2.68. The molecular formula is C16H30N2S. The van der Waals surface area contributed by atoms with Crippen molar-refractivity contribution < 1.29 is 0 Å². The number of thiophene rings is 1. The molecule has 0 fully saturated rings. The number of nitrogens with zero attached hydrogens (tertiary/aromatic N) is 1. The molecule has 1 aromatic rings. The molecular weight excluding hydrogens is 252 g/mol. The van der Waals surface area contributed by atoms with Crippen LogP contribution in [0.2, 0.25) is 0 Å². The van der Waals surface area contributed by atoms with Crippen molar-refractivity contribution in [1.29, 1.82) is 0 Å². The average molecular weight is 282 g/mol. The number of nitrogens with one attached hydrogen (secondary N) is 1. The lowest BCUT2D eigenvalue weighted by Gasteiger charge is -2.17. The Hall–Kier alpha value is -0.380. The second kappa shape index (κ2) is 8.72. The fourth-order valence-corrected chi connectivity index (χ4v) is 3.09. The van der Waals surface area contributed by atoms with Crippen LogP contribution >= 0.6 is 11.3 Å². The van der Waals surface area contributed by atoms with E-state index in [0.29, 0.717) is 0 Å². The summed E-state index contributed by atoms with van der Waals surface area (Å²) in [6.07, 6.45) is 2.49. The Balaban J connectivity index is 2.44. The van der Waals surface area contributed by atoms with Gasteiger partial charge in [-0.05, 0) is 57.5 Å². The maximum absolute atomic E-state index is 3.48. The Morgan fingerprint density at radius 3 is 2.74 bits per heavy atom. The first-order valence-corrected chi connectivity index (χ1v) is 8.32. The molecule has 3 heteroatoms. The molecule has 0 amide bonds. The highest BCUT2D eigenvalue weighted by atomic mass is 32.1. The molecule has 0 unspecified atom stereocenters. The predicted molar refractivity (Wildman–Crippen MR) is 86.8 cm³/mol. The van der Waals surface area contributed by atoms with Gasteiger partial charge in [0.15, 0.2) is 0 Å². The summed E-state index contributed by atoms with van der Waals surface area (Å²) in [7, 11) is 2.23. The van der Waals surface area contributed by atoms with Gasteiger partial charge < -0.3 is 10.2 Å². The van der Waals surface area contributed by atoms with Crippen LogP contribution in [-0.4, -0.2) is 25.0 Å². The zero-order valence-corrected chi connectivity index (χ0v) is 14.1. The molecule has 2 nitrogen and oxygen atoms in total. The van der Waals surface area contributed by atoms with Gasteiger partial charge >= 0.3 is 0 Å². The van der Waals surface area contributed by atoms with Crippen molar-refractivity contribution >= 4 is 11.3 Å². The van der Waals surface area contributed by atoms with E-state index in [4.69, 9.17) is 0 Å². The summed E-state index contributed by atoms with van der Waals surface area (Å²) in [5.74, 6) is 0.792. The van der Waals surface area contributed by atoms with Crippen molar-refractivity contribution in [3.63, 3.8) is 0 Å². The van der Waals surface area contributed by atoms with E-state index in [2.05, 4.69) is 51.0 Å². The predicted octanol–water partition coefficient (Wildman–Crippen LogP) is 4.03. The molecule has 1 aromatic heterocycles. The number of rotatable bonds is 9. The fourth-order valence-electron chi connectivity index (χ4n) is 2.07. The van der Waals surface area contributed by atoms with Gasteiger partial charge in [-0.1, -0.05) is 20.8 Å². The molecule has 0 radical (unpaired) electrons. The molecule has 19 heavy (non-hydrogen) atoms. The normalized spacial score (nSPS) is 11.7. The van der Waals surface area contributed by atoms with Crippen molar-refractivity contribution in [3.05, 3.63) is 21.4 Å². The fraction of sp³-hybridized carbons (Fsp3) is 0.750. The summed E-state index contributed by atoms with van der Waals surface area (Å²) in [4.78, 5) is 5.39. The van der Waals surface area contributed by atoms with Crippen molar-refractivity contribution in [3.8, 4) is 0 Å². The number of hydrogen-bond donors (Lipinski definition) is 1. The maximum atomic E-state index is 3.48. The van der Waals surface area contributed by atoms with Crippen LogP contribution in [0.25, 0.3) is 0 Å². The van der Waals surface area contributed by atoms with E-state index in [1.54, 1.807) is 0 Å². The minimum absolute atomic E-state index is 0.792. The van der Waals surface area contributed by atoms with E-state index in [1.807, 2.05) is 11.3 Å². The lowest BCUT2D eigenvalue weighted by molar-refractivity contribution is 0.303. The summed E-state index contributed by atoms with van der Waals surface area (Å²) < 4.78 is 0. The zero-order valence-electron chi connectivity index (χ0n) is 13.3. The second-order valence-electron chi connectivity index (χ2n) is 5.89. The Morgan fingerprint density at radius 2 is 2.11 bits per heavy atom. The van der Waals surface area contributed by atoms with E-state index < -0.39 is 0 Å². The molecule has 0 aliphatic heterocycles. The molecule has 0 spiro atoms.